The molecule has 0 unspecified atom stereocenters. The average Bonchev–Trinajstić information content (AvgIpc) is 3.21. The molecule has 50 heavy (non-hydrogen) atoms. The van der Waals surface area contributed by atoms with Gasteiger partial charge >= 0.3 is 0 Å². The van der Waals surface area contributed by atoms with Crippen molar-refractivity contribution in [3.8, 4) is 56.5 Å². The molecule has 0 atom stereocenters. The Hall–Kier alpha value is -6.58. The molecule has 0 amide bonds. The largest absolute Gasteiger partial charge is 0.457 e. The zero-order valence-electron chi connectivity index (χ0n) is 27.3. The van der Waals surface area contributed by atoms with Crippen molar-refractivity contribution in [2.45, 2.75) is 5.41 Å². The Morgan fingerprint density at radius 2 is 0.820 bits per heavy atom. The SMILES string of the molecule is c1ccc(-c2ccc(-c3cc(-c4ccccc4C4(c5ccccc5)c5ccccc5Oc5ccccc54)nc(-c4ccccc4)n3)cc2)cc1. The minimum absolute atomic E-state index is 0.682. The molecule has 236 valence electrons. The van der Waals surface area contributed by atoms with E-state index in [0.717, 1.165) is 61.8 Å². The number of para-hydroxylation sites is 2. The van der Waals surface area contributed by atoms with E-state index in [1.807, 2.05) is 36.4 Å². The summed E-state index contributed by atoms with van der Waals surface area (Å²) in [6.45, 7) is 0. The lowest BCUT2D eigenvalue weighted by Gasteiger charge is -2.42. The second-order valence-corrected chi connectivity index (χ2v) is 12.5. The van der Waals surface area contributed by atoms with E-state index in [0.29, 0.717) is 5.82 Å². The molecule has 7 aromatic carbocycles. The normalized spacial score (nSPS) is 12.7. The standard InChI is InChI=1S/C47H32N2O/c1-4-16-33(17-5-1)34-28-30-35(31-29-34)42-32-43(49-46(48-42)36-18-6-2-7-19-36)38-22-10-11-23-39(38)47(37-20-8-3-9-21-37)40-24-12-14-26-44(40)50-45-27-15-13-25-41(45)47/h1-32H. The van der Waals surface area contributed by atoms with Crippen LogP contribution >= 0.6 is 0 Å². The monoisotopic (exact) mass is 640 g/mol. The molecule has 1 aliphatic rings. The van der Waals surface area contributed by atoms with Crippen molar-refractivity contribution in [2.75, 3.05) is 0 Å². The van der Waals surface area contributed by atoms with E-state index in [9.17, 15) is 0 Å². The van der Waals surface area contributed by atoms with Crippen LogP contribution in [0.2, 0.25) is 0 Å². The number of aromatic nitrogens is 2. The summed E-state index contributed by atoms with van der Waals surface area (Å²) < 4.78 is 6.59. The second kappa shape index (κ2) is 12.5. The zero-order chi connectivity index (χ0) is 33.3. The van der Waals surface area contributed by atoms with Crippen LogP contribution in [0.25, 0.3) is 45.0 Å². The van der Waals surface area contributed by atoms with Gasteiger partial charge in [-0.25, -0.2) is 9.97 Å². The van der Waals surface area contributed by atoms with Gasteiger partial charge in [0, 0.05) is 27.8 Å². The summed E-state index contributed by atoms with van der Waals surface area (Å²) in [5.41, 5.74) is 10.9. The first-order valence-electron chi connectivity index (χ1n) is 16.9. The number of ether oxygens (including phenoxy) is 1. The summed E-state index contributed by atoms with van der Waals surface area (Å²) in [6.07, 6.45) is 0. The molecule has 0 N–H and O–H groups in total. The highest BCUT2D eigenvalue weighted by atomic mass is 16.5. The van der Waals surface area contributed by atoms with Gasteiger partial charge in [0.05, 0.1) is 16.8 Å². The molecule has 9 rings (SSSR count). The molecule has 0 bridgehead atoms. The van der Waals surface area contributed by atoms with Crippen molar-refractivity contribution in [3.05, 3.63) is 216 Å². The third-order valence-electron chi connectivity index (χ3n) is 9.66. The summed E-state index contributed by atoms with van der Waals surface area (Å²) in [7, 11) is 0. The highest BCUT2D eigenvalue weighted by molar-refractivity contribution is 5.80. The van der Waals surface area contributed by atoms with Crippen LogP contribution in [0.4, 0.5) is 0 Å². The van der Waals surface area contributed by atoms with E-state index in [1.165, 1.54) is 11.1 Å². The number of fused-ring (bicyclic) bond motifs is 2. The van der Waals surface area contributed by atoms with Crippen LogP contribution in [0.15, 0.2) is 194 Å². The summed E-state index contributed by atoms with van der Waals surface area (Å²) in [4.78, 5) is 10.5. The lowest BCUT2D eigenvalue weighted by molar-refractivity contribution is 0.434. The Morgan fingerprint density at radius 1 is 0.360 bits per heavy atom. The molecule has 2 heterocycles. The van der Waals surface area contributed by atoms with E-state index >= 15 is 0 Å². The fraction of sp³-hybridized carbons (Fsp3) is 0.0213. The van der Waals surface area contributed by atoms with Crippen LogP contribution in [-0.2, 0) is 5.41 Å². The van der Waals surface area contributed by atoms with E-state index in [2.05, 4.69) is 158 Å². The highest BCUT2D eigenvalue weighted by Crippen LogP contribution is 2.56. The smallest absolute Gasteiger partial charge is 0.160 e. The Balaban J connectivity index is 1.31. The van der Waals surface area contributed by atoms with Gasteiger partial charge in [0.25, 0.3) is 0 Å². The van der Waals surface area contributed by atoms with Gasteiger partial charge < -0.3 is 4.74 Å². The second-order valence-electron chi connectivity index (χ2n) is 12.5. The third-order valence-corrected chi connectivity index (χ3v) is 9.66. The van der Waals surface area contributed by atoms with Gasteiger partial charge in [-0.15, -0.1) is 0 Å². The van der Waals surface area contributed by atoms with Crippen molar-refractivity contribution in [2.24, 2.45) is 0 Å². The van der Waals surface area contributed by atoms with Crippen LogP contribution in [0.1, 0.15) is 22.3 Å². The zero-order valence-corrected chi connectivity index (χ0v) is 27.3. The molecule has 0 saturated carbocycles. The Kier molecular flexibility index (Phi) is 7.37. The van der Waals surface area contributed by atoms with Gasteiger partial charge in [-0.3, -0.25) is 0 Å². The van der Waals surface area contributed by atoms with Crippen LogP contribution in [0.3, 0.4) is 0 Å². The Morgan fingerprint density at radius 3 is 1.46 bits per heavy atom. The van der Waals surface area contributed by atoms with Gasteiger partial charge in [0.2, 0.25) is 0 Å². The Bertz CT molecular complexity index is 2390. The molecular weight excluding hydrogens is 609 g/mol. The molecular formula is C47H32N2O. The molecule has 0 spiro atoms. The lowest BCUT2D eigenvalue weighted by atomic mass is 9.62. The number of rotatable bonds is 6. The van der Waals surface area contributed by atoms with Crippen LogP contribution in [0, 0.1) is 0 Å². The van der Waals surface area contributed by atoms with Gasteiger partial charge in [0.1, 0.15) is 11.5 Å². The number of hydrogen-bond donors (Lipinski definition) is 0. The van der Waals surface area contributed by atoms with Gasteiger partial charge in [-0.1, -0.05) is 176 Å². The summed E-state index contributed by atoms with van der Waals surface area (Å²) in [5.74, 6) is 2.37. The first kappa shape index (κ1) is 29.6. The summed E-state index contributed by atoms with van der Waals surface area (Å²) in [5, 5.41) is 0. The molecule has 3 heteroatoms. The van der Waals surface area contributed by atoms with Gasteiger partial charge in [-0.05, 0) is 40.5 Å². The minimum atomic E-state index is -0.682. The maximum Gasteiger partial charge on any atom is 0.160 e. The third kappa shape index (κ3) is 4.99. The highest BCUT2D eigenvalue weighted by Gasteiger charge is 2.46. The van der Waals surface area contributed by atoms with Crippen LogP contribution in [0.5, 0.6) is 11.5 Å². The van der Waals surface area contributed by atoms with Gasteiger partial charge in [0.15, 0.2) is 5.82 Å². The molecule has 0 saturated heterocycles. The molecule has 3 nitrogen and oxygen atoms in total. The first-order valence-corrected chi connectivity index (χ1v) is 16.9. The van der Waals surface area contributed by atoms with E-state index < -0.39 is 5.41 Å². The van der Waals surface area contributed by atoms with Crippen LogP contribution < -0.4 is 4.74 Å². The fourth-order valence-corrected chi connectivity index (χ4v) is 7.39. The number of hydrogen-bond acceptors (Lipinski definition) is 3. The van der Waals surface area contributed by atoms with Crippen molar-refractivity contribution in [1.29, 1.82) is 0 Å². The van der Waals surface area contributed by atoms with E-state index in [1.54, 1.807) is 0 Å². The first-order chi connectivity index (χ1) is 24.8. The maximum absolute atomic E-state index is 6.59. The van der Waals surface area contributed by atoms with Crippen molar-refractivity contribution in [1.82, 2.24) is 9.97 Å². The predicted molar refractivity (Wildman–Crippen MR) is 202 cm³/mol. The predicted octanol–water partition coefficient (Wildman–Crippen LogP) is 11.6. The Labute approximate surface area is 292 Å². The van der Waals surface area contributed by atoms with Gasteiger partial charge in [-0.2, -0.15) is 0 Å². The lowest BCUT2D eigenvalue weighted by Crippen LogP contribution is -2.34. The van der Waals surface area contributed by atoms with E-state index in [-0.39, 0.29) is 0 Å². The molecule has 0 radical (unpaired) electrons. The summed E-state index contributed by atoms with van der Waals surface area (Å²) >= 11 is 0. The number of benzene rings is 7. The molecule has 0 fully saturated rings. The average molecular weight is 641 g/mol. The van der Waals surface area contributed by atoms with Crippen LogP contribution in [-0.4, -0.2) is 9.97 Å². The van der Waals surface area contributed by atoms with E-state index in [4.69, 9.17) is 14.7 Å². The van der Waals surface area contributed by atoms with Crippen molar-refractivity contribution < 1.29 is 4.74 Å². The van der Waals surface area contributed by atoms with Crippen molar-refractivity contribution in [3.63, 3.8) is 0 Å². The number of nitrogens with zero attached hydrogens (tertiary/aromatic N) is 2. The molecule has 1 aliphatic heterocycles. The summed E-state index contributed by atoms with van der Waals surface area (Å²) in [6, 6.07) is 67.8. The fourth-order valence-electron chi connectivity index (χ4n) is 7.39. The molecule has 8 aromatic rings. The molecule has 1 aromatic heterocycles. The topological polar surface area (TPSA) is 35.0 Å². The quantitative estimate of drug-likeness (QED) is 0.181. The maximum atomic E-state index is 6.59. The molecule has 0 aliphatic carbocycles. The van der Waals surface area contributed by atoms with Crippen molar-refractivity contribution >= 4 is 0 Å². The minimum Gasteiger partial charge on any atom is -0.457 e.